The zero-order valence-corrected chi connectivity index (χ0v) is 17.3. The first kappa shape index (κ1) is 18.5. The molecule has 3 aliphatic rings. The number of rotatable bonds is 5. The predicted molar refractivity (Wildman–Crippen MR) is 115 cm³/mol. The standard InChI is InChI=1S/C24H29N3O2/c1-15-20(13-22(26(15)2)17-6-7-17)24(29)25-19-9-10-21-18(12-19)8-11-23(28)27(21)14-16-4-3-5-16/h9-10,12-13,16-17H,3-8,11,14H2,1-2H3,(H,25,29). The van der Waals surface area contributed by atoms with Crippen LogP contribution in [0.1, 0.15) is 71.8 Å². The highest BCUT2D eigenvalue weighted by molar-refractivity contribution is 6.06. The molecule has 2 amide bonds. The smallest absolute Gasteiger partial charge is 0.257 e. The Morgan fingerprint density at radius 3 is 2.62 bits per heavy atom. The highest BCUT2D eigenvalue weighted by atomic mass is 16.2. The lowest BCUT2D eigenvalue weighted by Gasteiger charge is -2.35. The minimum absolute atomic E-state index is 0.0526. The van der Waals surface area contributed by atoms with Gasteiger partial charge in [0.2, 0.25) is 5.91 Å². The van der Waals surface area contributed by atoms with Crippen molar-refractivity contribution in [3.8, 4) is 0 Å². The average molecular weight is 392 g/mol. The van der Waals surface area contributed by atoms with Crippen molar-refractivity contribution in [1.29, 1.82) is 0 Å². The molecule has 0 saturated heterocycles. The van der Waals surface area contributed by atoms with Gasteiger partial charge in [0.25, 0.3) is 5.91 Å². The van der Waals surface area contributed by atoms with Gasteiger partial charge in [0.05, 0.1) is 5.56 Å². The molecule has 2 aliphatic carbocycles. The molecule has 2 heterocycles. The lowest BCUT2D eigenvalue weighted by Crippen LogP contribution is -2.40. The van der Waals surface area contributed by atoms with Gasteiger partial charge < -0.3 is 14.8 Å². The van der Waals surface area contributed by atoms with Crippen molar-refractivity contribution < 1.29 is 9.59 Å². The number of nitrogens with zero attached hydrogens (tertiary/aromatic N) is 2. The van der Waals surface area contributed by atoms with Crippen molar-refractivity contribution in [2.45, 2.75) is 57.8 Å². The zero-order valence-electron chi connectivity index (χ0n) is 17.3. The number of anilines is 2. The third-order valence-corrected chi connectivity index (χ3v) is 7.02. The first-order chi connectivity index (χ1) is 14.0. The molecule has 2 fully saturated rings. The molecule has 0 atom stereocenters. The summed E-state index contributed by atoms with van der Waals surface area (Å²) in [6.45, 7) is 2.85. The van der Waals surface area contributed by atoms with Gasteiger partial charge in [-0.3, -0.25) is 9.59 Å². The van der Waals surface area contributed by atoms with Crippen LogP contribution in [0, 0.1) is 12.8 Å². The van der Waals surface area contributed by atoms with Crippen LogP contribution in [0.25, 0.3) is 0 Å². The van der Waals surface area contributed by atoms with Crippen LogP contribution in [0.15, 0.2) is 24.3 Å². The number of aromatic nitrogens is 1. The lowest BCUT2D eigenvalue weighted by atomic mass is 9.84. The third kappa shape index (κ3) is 3.37. The molecule has 1 aromatic carbocycles. The van der Waals surface area contributed by atoms with Crippen LogP contribution in [-0.2, 0) is 18.3 Å². The summed E-state index contributed by atoms with van der Waals surface area (Å²) < 4.78 is 2.16. The van der Waals surface area contributed by atoms with Gasteiger partial charge >= 0.3 is 0 Å². The van der Waals surface area contributed by atoms with Gasteiger partial charge in [-0.2, -0.15) is 0 Å². The molecule has 152 valence electrons. The van der Waals surface area contributed by atoms with E-state index in [1.54, 1.807) is 0 Å². The first-order valence-corrected chi connectivity index (χ1v) is 10.9. The summed E-state index contributed by atoms with van der Waals surface area (Å²) in [6.07, 6.45) is 7.48. The number of carbonyl (C=O) groups is 2. The molecule has 0 unspecified atom stereocenters. The van der Waals surface area contributed by atoms with Crippen LogP contribution in [0.2, 0.25) is 0 Å². The molecule has 0 bridgehead atoms. The van der Waals surface area contributed by atoms with Crippen LogP contribution in [0.4, 0.5) is 11.4 Å². The molecule has 1 aromatic heterocycles. The van der Waals surface area contributed by atoms with E-state index in [9.17, 15) is 9.59 Å². The number of amides is 2. The molecule has 5 rings (SSSR count). The fourth-order valence-corrected chi connectivity index (χ4v) is 4.69. The van der Waals surface area contributed by atoms with Gasteiger partial charge in [-0.15, -0.1) is 0 Å². The normalized spacial score (nSPS) is 19.1. The minimum Gasteiger partial charge on any atom is -0.351 e. The van der Waals surface area contributed by atoms with Gasteiger partial charge in [0.1, 0.15) is 0 Å². The number of fused-ring (bicyclic) bond motifs is 1. The number of hydrogen-bond donors (Lipinski definition) is 1. The Morgan fingerprint density at radius 2 is 1.93 bits per heavy atom. The quantitative estimate of drug-likeness (QED) is 0.813. The van der Waals surface area contributed by atoms with E-state index in [0.29, 0.717) is 18.3 Å². The summed E-state index contributed by atoms with van der Waals surface area (Å²) >= 11 is 0. The Morgan fingerprint density at radius 1 is 1.14 bits per heavy atom. The van der Waals surface area contributed by atoms with E-state index in [-0.39, 0.29) is 11.8 Å². The number of aryl methyl sites for hydroxylation is 1. The maximum atomic E-state index is 12.9. The summed E-state index contributed by atoms with van der Waals surface area (Å²) in [5, 5.41) is 3.08. The van der Waals surface area contributed by atoms with E-state index in [1.807, 2.05) is 37.1 Å². The molecule has 5 nitrogen and oxygen atoms in total. The predicted octanol–water partition coefficient (Wildman–Crippen LogP) is 4.54. The summed E-state index contributed by atoms with van der Waals surface area (Å²) in [6, 6.07) is 8.05. The first-order valence-electron chi connectivity index (χ1n) is 10.9. The largest absolute Gasteiger partial charge is 0.351 e. The Balaban J connectivity index is 1.35. The van der Waals surface area contributed by atoms with E-state index in [0.717, 1.165) is 41.2 Å². The summed E-state index contributed by atoms with van der Waals surface area (Å²) in [4.78, 5) is 27.4. The molecule has 5 heteroatoms. The molecule has 2 aromatic rings. The van der Waals surface area contributed by atoms with E-state index in [4.69, 9.17) is 0 Å². The van der Waals surface area contributed by atoms with E-state index in [1.165, 1.54) is 37.8 Å². The van der Waals surface area contributed by atoms with Gasteiger partial charge in [-0.05, 0) is 80.7 Å². The highest BCUT2D eigenvalue weighted by Crippen LogP contribution is 2.41. The second kappa shape index (κ2) is 7.05. The monoisotopic (exact) mass is 391 g/mol. The maximum Gasteiger partial charge on any atom is 0.257 e. The number of hydrogen-bond acceptors (Lipinski definition) is 2. The fourth-order valence-electron chi connectivity index (χ4n) is 4.69. The van der Waals surface area contributed by atoms with E-state index >= 15 is 0 Å². The topological polar surface area (TPSA) is 54.3 Å². The summed E-state index contributed by atoms with van der Waals surface area (Å²) in [5.74, 6) is 1.44. The molecule has 1 N–H and O–H groups in total. The maximum absolute atomic E-state index is 12.9. The van der Waals surface area contributed by atoms with Gasteiger partial charge in [0, 0.05) is 42.8 Å². The third-order valence-electron chi connectivity index (χ3n) is 7.02. The molecular formula is C24H29N3O2. The molecule has 1 aliphatic heterocycles. The molecule has 29 heavy (non-hydrogen) atoms. The second-order valence-corrected chi connectivity index (χ2v) is 9.00. The van der Waals surface area contributed by atoms with Crippen LogP contribution in [0.3, 0.4) is 0 Å². The van der Waals surface area contributed by atoms with Crippen molar-refractivity contribution in [2.75, 3.05) is 16.8 Å². The van der Waals surface area contributed by atoms with Crippen LogP contribution in [0.5, 0.6) is 0 Å². The van der Waals surface area contributed by atoms with Gasteiger partial charge in [0.15, 0.2) is 0 Å². The van der Waals surface area contributed by atoms with Gasteiger partial charge in [-0.25, -0.2) is 0 Å². The van der Waals surface area contributed by atoms with E-state index < -0.39 is 0 Å². The number of benzene rings is 1. The van der Waals surface area contributed by atoms with Crippen LogP contribution < -0.4 is 10.2 Å². The van der Waals surface area contributed by atoms with Crippen LogP contribution in [-0.4, -0.2) is 22.9 Å². The Hall–Kier alpha value is -2.56. The van der Waals surface area contributed by atoms with E-state index in [2.05, 4.69) is 16.0 Å². The Labute approximate surface area is 172 Å². The number of carbonyl (C=O) groups excluding carboxylic acids is 2. The molecule has 0 spiro atoms. The van der Waals surface area contributed by atoms with Gasteiger partial charge in [-0.1, -0.05) is 6.42 Å². The fraction of sp³-hybridized carbons (Fsp3) is 0.500. The number of nitrogens with one attached hydrogen (secondary N) is 1. The van der Waals surface area contributed by atoms with Crippen molar-refractivity contribution in [3.05, 3.63) is 46.8 Å². The lowest BCUT2D eigenvalue weighted by molar-refractivity contribution is -0.119. The molecule has 0 radical (unpaired) electrons. The Bertz CT molecular complexity index is 982. The molecular weight excluding hydrogens is 362 g/mol. The second-order valence-electron chi connectivity index (χ2n) is 9.00. The SMILES string of the molecule is Cc1c(C(=O)Nc2ccc3c(c2)CCC(=O)N3CC2CCC2)cc(C2CC2)n1C. The zero-order chi connectivity index (χ0) is 20.1. The average Bonchev–Trinajstić information content (AvgIpc) is 3.46. The summed E-state index contributed by atoms with van der Waals surface area (Å²) in [7, 11) is 2.05. The Kier molecular flexibility index (Phi) is 4.49. The van der Waals surface area contributed by atoms with Crippen molar-refractivity contribution >= 4 is 23.2 Å². The van der Waals surface area contributed by atoms with Crippen LogP contribution >= 0.6 is 0 Å². The molecule has 2 saturated carbocycles. The minimum atomic E-state index is -0.0526. The highest BCUT2D eigenvalue weighted by Gasteiger charge is 2.30. The van der Waals surface area contributed by atoms with Crippen molar-refractivity contribution in [2.24, 2.45) is 13.0 Å². The summed E-state index contributed by atoms with van der Waals surface area (Å²) in [5.41, 5.74) is 6.03. The van der Waals surface area contributed by atoms with Crippen molar-refractivity contribution in [3.63, 3.8) is 0 Å². The van der Waals surface area contributed by atoms with Crippen molar-refractivity contribution in [1.82, 2.24) is 4.57 Å².